The van der Waals surface area contributed by atoms with E-state index in [-0.39, 0.29) is 0 Å². The molecule has 0 bridgehead atoms. The summed E-state index contributed by atoms with van der Waals surface area (Å²) in [5, 5.41) is 0. The summed E-state index contributed by atoms with van der Waals surface area (Å²) in [6, 6.07) is 14.2. The number of ether oxygens (including phenoxy) is 1. The van der Waals surface area contributed by atoms with Crippen LogP contribution >= 0.6 is 11.8 Å². The molecule has 0 radical (unpaired) electrons. The Hall–Kier alpha value is -1.61. The summed E-state index contributed by atoms with van der Waals surface area (Å²) in [5.41, 5.74) is 8.93. The second kappa shape index (κ2) is 6.53. The first-order valence-electron chi connectivity index (χ1n) is 6.33. The first-order valence-corrected chi connectivity index (χ1v) is 7.31. The van der Waals surface area contributed by atoms with Gasteiger partial charge in [-0.1, -0.05) is 6.07 Å². The van der Waals surface area contributed by atoms with E-state index < -0.39 is 0 Å². The first-order chi connectivity index (χ1) is 9.13. The van der Waals surface area contributed by atoms with Crippen LogP contribution in [0.2, 0.25) is 0 Å². The van der Waals surface area contributed by atoms with Gasteiger partial charge in [0.2, 0.25) is 0 Å². The zero-order valence-corrected chi connectivity index (χ0v) is 12.2. The minimum absolute atomic E-state index is 0.706. The lowest BCUT2D eigenvalue weighted by Crippen LogP contribution is -2.00. The van der Waals surface area contributed by atoms with Gasteiger partial charge in [-0.05, 0) is 61.4 Å². The average Bonchev–Trinajstić information content (AvgIpc) is 2.36. The van der Waals surface area contributed by atoms with Crippen LogP contribution in [-0.4, -0.2) is 12.4 Å². The summed E-state index contributed by atoms with van der Waals surface area (Å²) in [7, 11) is 0. The molecule has 0 heterocycles. The lowest BCUT2D eigenvalue weighted by Gasteiger charge is -2.08. The molecule has 19 heavy (non-hydrogen) atoms. The molecule has 2 N–H and O–H groups in total. The van der Waals surface area contributed by atoms with Gasteiger partial charge in [0.15, 0.2) is 0 Å². The second-order valence-corrected chi connectivity index (χ2v) is 5.76. The van der Waals surface area contributed by atoms with Crippen molar-refractivity contribution in [1.29, 1.82) is 0 Å². The van der Waals surface area contributed by atoms with Gasteiger partial charge in [0.05, 0.1) is 6.61 Å². The lowest BCUT2D eigenvalue weighted by atomic mass is 10.1. The maximum absolute atomic E-state index is 5.77. The Labute approximate surface area is 119 Å². The number of rotatable bonds is 5. The van der Waals surface area contributed by atoms with Crippen LogP contribution in [0.15, 0.2) is 47.4 Å². The summed E-state index contributed by atoms with van der Waals surface area (Å²) in [5.74, 6) is 1.88. The third-order valence-corrected chi connectivity index (χ3v) is 3.67. The van der Waals surface area contributed by atoms with Gasteiger partial charge in [-0.15, -0.1) is 11.8 Å². The minimum Gasteiger partial charge on any atom is -0.493 e. The van der Waals surface area contributed by atoms with E-state index in [0.29, 0.717) is 6.61 Å². The van der Waals surface area contributed by atoms with Crippen molar-refractivity contribution in [3.63, 3.8) is 0 Å². The molecule has 0 aliphatic rings. The first kappa shape index (κ1) is 13.8. The van der Waals surface area contributed by atoms with Gasteiger partial charge in [0.25, 0.3) is 0 Å². The summed E-state index contributed by atoms with van der Waals surface area (Å²) >= 11 is 1.78. The van der Waals surface area contributed by atoms with Crippen molar-refractivity contribution in [2.24, 2.45) is 0 Å². The van der Waals surface area contributed by atoms with Crippen molar-refractivity contribution in [2.45, 2.75) is 18.7 Å². The molecule has 2 aromatic rings. The number of nitrogen functional groups attached to an aromatic ring is 1. The van der Waals surface area contributed by atoms with Crippen molar-refractivity contribution in [2.75, 3.05) is 18.1 Å². The highest BCUT2D eigenvalue weighted by Gasteiger charge is 1.98. The molecule has 2 rings (SSSR count). The normalized spacial score (nSPS) is 10.4. The Morgan fingerprint density at radius 1 is 1.00 bits per heavy atom. The molecular weight excluding hydrogens is 254 g/mol. The zero-order valence-electron chi connectivity index (χ0n) is 11.3. The number of hydrogen-bond donors (Lipinski definition) is 1. The highest BCUT2D eigenvalue weighted by Crippen LogP contribution is 2.20. The SMILES string of the molecule is Cc1cc(C)cc(OCCSc2ccc(N)cc2)c1. The van der Waals surface area contributed by atoms with E-state index in [1.165, 1.54) is 16.0 Å². The van der Waals surface area contributed by atoms with Crippen LogP contribution < -0.4 is 10.5 Å². The van der Waals surface area contributed by atoms with Gasteiger partial charge >= 0.3 is 0 Å². The highest BCUT2D eigenvalue weighted by atomic mass is 32.2. The third-order valence-electron chi connectivity index (χ3n) is 2.70. The highest BCUT2D eigenvalue weighted by molar-refractivity contribution is 7.99. The molecule has 2 aromatic carbocycles. The quantitative estimate of drug-likeness (QED) is 0.507. The number of thioether (sulfide) groups is 1. The van der Waals surface area contributed by atoms with E-state index in [9.17, 15) is 0 Å². The van der Waals surface area contributed by atoms with Gasteiger partial charge < -0.3 is 10.5 Å². The van der Waals surface area contributed by atoms with E-state index in [1.54, 1.807) is 11.8 Å². The molecule has 0 aliphatic carbocycles. The molecular formula is C16H19NOS. The molecule has 0 aliphatic heterocycles. The van der Waals surface area contributed by atoms with Crippen molar-refractivity contribution in [1.82, 2.24) is 0 Å². The number of nitrogens with two attached hydrogens (primary N) is 1. The number of aryl methyl sites for hydroxylation is 2. The van der Waals surface area contributed by atoms with Crippen LogP contribution in [0.5, 0.6) is 5.75 Å². The maximum atomic E-state index is 5.77. The van der Waals surface area contributed by atoms with Crippen molar-refractivity contribution < 1.29 is 4.74 Å². The molecule has 0 saturated carbocycles. The molecule has 3 heteroatoms. The second-order valence-electron chi connectivity index (χ2n) is 4.59. The lowest BCUT2D eigenvalue weighted by molar-refractivity contribution is 0.343. The monoisotopic (exact) mass is 273 g/mol. The minimum atomic E-state index is 0.706. The Balaban J connectivity index is 1.79. The number of anilines is 1. The van der Waals surface area contributed by atoms with Crippen LogP contribution in [0.1, 0.15) is 11.1 Å². The fraction of sp³-hybridized carbons (Fsp3) is 0.250. The fourth-order valence-electron chi connectivity index (χ4n) is 1.90. The smallest absolute Gasteiger partial charge is 0.119 e. The van der Waals surface area contributed by atoms with E-state index in [1.807, 2.05) is 24.3 Å². The summed E-state index contributed by atoms with van der Waals surface area (Å²) in [6.45, 7) is 4.88. The van der Waals surface area contributed by atoms with Crippen LogP contribution in [0, 0.1) is 13.8 Å². The van der Waals surface area contributed by atoms with Gasteiger partial charge in [-0.3, -0.25) is 0 Å². The van der Waals surface area contributed by atoms with Crippen LogP contribution in [0.3, 0.4) is 0 Å². The van der Waals surface area contributed by atoms with Crippen molar-refractivity contribution in [3.05, 3.63) is 53.6 Å². The molecule has 2 nitrogen and oxygen atoms in total. The Morgan fingerprint density at radius 2 is 1.63 bits per heavy atom. The van der Waals surface area contributed by atoms with E-state index in [2.05, 4.69) is 32.0 Å². The molecule has 100 valence electrons. The van der Waals surface area contributed by atoms with Crippen LogP contribution in [-0.2, 0) is 0 Å². The average molecular weight is 273 g/mol. The number of benzene rings is 2. The molecule has 0 atom stereocenters. The Morgan fingerprint density at radius 3 is 2.26 bits per heavy atom. The fourth-order valence-corrected chi connectivity index (χ4v) is 2.63. The molecule has 0 aromatic heterocycles. The van der Waals surface area contributed by atoms with Gasteiger partial charge in [0, 0.05) is 16.3 Å². The Kier molecular flexibility index (Phi) is 4.74. The summed E-state index contributed by atoms with van der Waals surface area (Å²) in [6.07, 6.45) is 0. The molecule has 0 amide bonds. The standard InChI is InChI=1S/C16H19NOS/c1-12-9-13(2)11-15(10-12)18-7-8-19-16-5-3-14(17)4-6-16/h3-6,9-11H,7-8,17H2,1-2H3. The summed E-state index contributed by atoms with van der Waals surface area (Å²) < 4.78 is 5.77. The van der Waals surface area contributed by atoms with Crippen LogP contribution in [0.4, 0.5) is 5.69 Å². The third kappa shape index (κ3) is 4.52. The largest absolute Gasteiger partial charge is 0.493 e. The topological polar surface area (TPSA) is 35.2 Å². The molecule has 0 spiro atoms. The van der Waals surface area contributed by atoms with Gasteiger partial charge in [0.1, 0.15) is 5.75 Å². The van der Waals surface area contributed by atoms with E-state index in [0.717, 1.165) is 17.2 Å². The van der Waals surface area contributed by atoms with Crippen LogP contribution in [0.25, 0.3) is 0 Å². The summed E-state index contributed by atoms with van der Waals surface area (Å²) in [4.78, 5) is 1.22. The number of hydrogen-bond acceptors (Lipinski definition) is 3. The van der Waals surface area contributed by atoms with Crippen molar-refractivity contribution in [3.8, 4) is 5.75 Å². The van der Waals surface area contributed by atoms with E-state index >= 15 is 0 Å². The Bertz CT molecular complexity index is 517. The van der Waals surface area contributed by atoms with E-state index in [4.69, 9.17) is 10.5 Å². The zero-order chi connectivity index (χ0) is 13.7. The molecule has 0 unspecified atom stereocenters. The molecule has 0 fully saturated rings. The maximum Gasteiger partial charge on any atom is 0.119 e. The van der Waals surface area contributed by atoms with Gasteiger partial charge in [-0.2, -0.15) is 0 Å². The predicted molar refractivity (Wildman–Crippen MR) is 83.0 cm³/mol. The van der Waals surface area contributed by atoms with Gasteiger partial charge in [-0.25, -0.2) is 0 Å². The van der Waals surface area contributed by atoms with Crippen molar-refractivity contribution >= 4 is 17.4 Å². The predicted octanol–water partition coefficient (Wildman–Crippen LogP) is 4.06. The molecule has 0 saturated heterocycles.